The van der Waals surface area contributed by atoms with Crippen LogP contribution in [0.5, 0.6) is 23.0 Å². The molecule has 0 bridgehead atoms. The molecule has 4 aromatic carbocycles. The van der Waals surface area contributed by atoms with E-state index < -0.39 is 261 Å². The van der Waals surface area contributed by atoms with E-state index in [1.165, 1.54) is 149 Å². The Morgan fingerprint density at radius 2 is 0.632 bits per heavy atom. The van der Waals surface area contributed by atoms with Crippen molar-refractivity contribution in [1.29, 1.82) is 0 Å². The van der Waals surface area contributed by atoms with E-state index in [2.05, 4.69) is 19.9 Å². The van der Waals surface area contributed by atoms with Gasteiger partial charge in [0.1, 0.15) is 109 Å². The van der Waals surface area contributed by atoms with E-state index in [1.807, 2.05) is 0 Å². The van der Waals surface area contributed by atoms with Gasteiger partial charge in [-0.05, 0) is 186 Å². The zero-order valence-electron chi connectivity index (χ0n) is 88.9. The molecule has 0 aliphatic carbocycles. The lowest BCUT2D eigenvalue weighted by Gasteiger charge is -2.28. The maximum atomic E-state index is 13.9. The summed E-state index contributed by atoms with van der Waals surface area (Å²) in [5, 5.41) is 87.6. The van der Waals surface area contributed by atoms with E-state index >= 15 is 0 Å². The predicted octanol–water partition coefficient (Wildman–Crippen LogP) is 12.8. The number of rotatable bonds is 40. The van der Waals surface area contributed by atoms with Crippen LogP contribution in [0.25, 0.3) is 0 Å². The number of nitrogen functional groups attached to an aromatic ring is 1. The molecule has 4 aliphatic heterocycles. The zero-order chi connectivity index (χ0) is 114. The van der Waals surface area contributed by atoms with E-state index in [0.29, 0.717) is 4.64 Å². The number of hydrogen-bond donors (Lipinski definition) is 12. The van der Waals surface area contributed by atoms with Crippen molar-refractivity contribution in [2.45, 2.75) is 231 Å². The van der Waals surface area contributed by atoms with E-state index in [4.69, 9.17) is 152 Å². The molecular formula is C92H125N9O34P4S5. The summed E-state index contributed by atoms with van der Waals surface area (Å²) < 4.78 is 216. The van der Waals surface area contributed by atoms with Crippen LogP contribution in [0.4, 0.5) is 5.82 Å². The molecule has 43 nitrogen and oxygen atoms in total. The Labute approximate surface area is 867 Å². The van der Waals surface area contributed by atoms with Crippen LogP contribution < -0.4 is 35.1 Å². The summed E-state index contributed by atoms with van der Waals surface area (Å²) in [5.41, 5.74) is -4.06. The van der Waals surface area contributed by atoms with Crippen molar-refractivity contribution in [3.8, 4) is 23.0 Å². The summed E-state index contributed by atoms with van der Waals surface area (Å²) in [4.78, 5) is 85.0. The number of ether oxygens (including phenoxy) is 8. The highest BCUT2D eigenvalue weighted by Gasteiger charge is 2.58. The van der Waals surface area contributed by atoms with Gasteiger partial charge in [0.05, 0.1) is 110 Å². The van der Waals surface area contributed by atoms with Crippen LogP contribution >= 0.6 is 91.5 Å². The molecule has 4 aromatic heterocycles. The van der Waals surface area contributed by atoms with E-state index in [0.717, 1.165) is 22.1 Å². The van der Waals surface area contributed by atoms with Crippen LogP contribution in [0.15, 0.2) is 180 Å². The third-order valence-corrected chi connectivity index (χ3v) is 30.1. The molecular weight excluding hydrogens is 2060 g/mol. The highest BCUT2D eigenvalue weighted by molar-refractivity contribution is 7.72. The van der Waals surface area contributed by atoms with Gasteiger partial charge < -0.3 is 108 Å². The Balaban J connectivity index is 0.000000225. The standard InChI is InChI=1S/C23H32N3O8PS.2C23H31N2O9PS.C23H31N2O8PS2/c1-14(2)32-20(28)15(3)13-35(30,34-16-8-6-5-7-9-16)31-12-17-19(27)23(4,29)21(33-17)26-11-10-18(24)25-22(26)36;1-14(2)32-20(27)15(3)13-35(30,34-16-8-6-5-7-9-16)31-12-17-19(26)23(4,29)21(33-17)25-11-10-18(36)24-22(25)28;1-14(2)32-20(28)15(3)13-35(30,34-16-8-6-5-7-9-16)31-12-17-19(27)23(4,29)21(33-17)25-11-10-18(26)24-22(25)36;1-14(2)31-20(27)15(3)13-34(29,33-16-8-6-5-7-9-16)30-12-17-19(26)23(4,28)21(32-17)25-11-10-18(35)24-22(25)36/h5-11,14-15,17,19,21,27,29H,12-13H2,1-4H3,(H2,24,25,36);5-11,14-15,17,19,21,26,29H,12-13H2,1-4H3,(H,24,28,36);5-11,14-15,17,19,21,27,29H,12-13H2,1-4H3,(H,24,26,36);5-11,14-15,17,19,21,26,28H,12-13H2,1-4H3,(H,24,35,36)/t3*15-,17-,19+,21-,23?,35?;15-,17-,19+,21-,23?,34?/m1111/s1/i4*12D2. The molecule has 4 aliphatic rings. The highest BCUT2D eigenvalue weighted by atomic mass is 32.1. The van der Waals surface area contributed by atoms with Crippen LogP contribution in [-0.4, -0.2) is 249 Å². The molecule has 52 heteroatoms. The molecule has 24 atom stereocenters. The maximum absolute atomic E-state index is 13.9. The number of aliphatic hydroxyl groups excluding tert-OH is 4. The van der Waals surface area contributed by atoms with Crippen molar-refractivity contribution in [3.05, 3.63) is 215 Å². The maximum Gasteiger partial charge on any atom is 0.380 e. The number of aromatic nitrogens is 8. The number of hydrogen-bond acceptors (Lipinski definition) is 41. The lowest BCUT2D eigenvalue weighted by molar-refractivity contribution is -0.152. The van der Waals surface area contributed by atoms with E-state index in [9.17, 15) is 87.9 Å². The summed E-state index contributed by atoms with van der Waals surface area (Å²) in [6.07, 6.45) is -19.5. The number of carbonyl (C=O) groups is 4. The third kappa shape index (κ3) is 32.5. The van der Waals surface area contributed by atoms with Crippen molar-refractivity contribution in [2.24, 2.45) is 23.7 Å². The summed E-state index contributed by atoms with van der Waals surface area (Å²) in [6.45, 7) is 11.8. The molecule has 4 saturated heterocycles. The van der Waals surface area contributed by atoms with Crippen LogP contribution in [0.2, 0.25) is 0 Å². The van der Waals surface area contributed by atoms with Crippen molar-refractivity contribution < 1.29 is 163 Å². The number of H-pyrrole nitrogens is 3. The molecule has 8 heterocycles. The fourth-order valence-electron chi connectivity index (χ4n) is 13.9. The van der Waals surface area contributed by atoms with Crippen LogP contribution in [0, 0.1) is 47.3 Å². The molecule has 792 valence electrons. The number of benzene rings is 4. The average molecular weight is 2190 g/mol. The van der Waals surface area contributed by atoms with E-state index in [-0.39, 0.29) is 47.8 Å². The van der Waals surface area contributed by atoms with Crippen LogP contribution in [-0.2, 0) is 93.4 Å². The Bertz CT molecular complexity index is 6260. The average Bonchev–Trinajstić information content (AvgIpc) is 1.60. The first kappa shape index (κ1) is 106. The highest BCUT2D eigenvalue weighted by Crippen LogP contribution is 2.56. The molecule has 0 spiro atoms. The van der Waals surface area contributed by atoms with Crippen molar-refractivity contribution in [1.82, 2.24) is 38.2 Å². The van der Waals surface area contributed by atoms with Gasteiger partial charge in [0, 0.05) is 30.9 Å². The Morgan fingerprint density at radius 3 is 0.889 bits per heavy atom. The summed E-state index contributed by atoms with van der Waals surface area (Å²) in [6, 6.07) is 36.8. The second-order valence-electron chi connectivity index (χ2n) is 35.6. The predicted molar refractivity (Wildman–Crippen MR) is 535 cm³/mol. The number of carbonyl (C=O) groups excluding carboxylic acids is 4. The van der Waals surface area contributed by atoms with Gasteiger partial charge in [-0.3, -0.25) is 70.3 Å². The first-order valence-corrected chi connectivity index (χ1v) is 53.7. The second-order valence-corrected chi connectivity index (χ2v) is 45.4. The third-order valence-electron chi connectivity index (χ3n) is 21.2. The number of nitrogens with two attached hydrogens (primary N) is 1. The molecule has 13 N–H and O–H groups in total. The smallest absolute Gasteiger partial charge is 0.380 e. The number of anilines is 1. The molecule has 144 heavy (non-hydrogen) atoms. The number of esters is 4. The second kappa shape index (κ2) is 51.3. The minimum atomic E-state index is -4.48. The van der Waals surface area contributed by atoms with E-state index in [1.54, 1.807) is 128 Å². The fourth-order valence-corrected chi connectivity index (χ4v) is 21.9. The molecule has 8 unspecified atom stereocenters. The lowest BCUT2D eigenvalue weighted by atomic mass is 9.96. The topological polar surface area (TPSA) is 586 Å². The monoisotopic (exact) mass is 2190 g/mol. The summed E-state index contributed by atoms with van der Waals surface area (Å²) >= 11 is 25.5. The van der Waals surface area contributed by atoms with Crippen LogP contribution in [0.3, 0.4) is 0 Å². The molecule has 8 aromatic rings. The minimum absolute atomic E-state index is 0.0627. The molecule has 12 rings (SSSR count). The zero-order valence-corrected chi connectivity index (χ0v) is 88.5. The van der Waals surface area contributed by atoms with Crippen molar-refractivity contribution in [3.63, 3.8) is 0 Å². The first-order valence-electron chi connectivity index (χ1n) is 48.7. The van der Waals surface area contributed by atoms with Crippen molar-refractivity contribution >= 4 is 121 Å². The number of nitrogens with zero attached hydrogens (tertiary/aromatic N) is 5. The van der Waals surface area contributed by atoms with Gasteiger partial charge in [0.2, 0.25) is 4.77 Å². The Morgan fingerprint density at radius 1 is 0.389 bits per heavy atom. The summed E-state index contributed by atoms with van der Waals surface area (Å²) in [5.74, 6) is -6.22. The number of para-hydroxylation sites is 4. The van der Waals surface area contributed by atoms with Gasteiger partial charge in [-0.2, -0.15) is 0 Å². The normalized spacial score (nSPS) is 27.6. The molecule has 0 amide bonds. The lowest BCUT2D eigenvalue weighted by Crippen LogP contribution is -2.46. The SMILES string of the molecule is [2H]C([2H])(OP(=O)(C[C@@H](C)C(=O)OC(C)C)Oc1ccccc1)[C@H]1O[C@@H](n2ccc(=O)[nH]c2=S)C(C)(O)[C@H]1O.[2H]C([2H])(OP(=O)(C[C@@H](C)C(=O)OC(C)C)Oc1ccccc1)[C@H]1O[C@@H](n2ccc(=S)[nH]c2=O)C(C)(O)[C@H]1O.[2H]C([2H])(OP(=O)(C[C@@H](C)C(=O)OC(C)C)Oc1ccccc1)[C@H]1O[C@@H](n2ccc(=S)[nH]c2=S)C(C)(O)[C@H]1O.[2H]C([2H])(OP(=O)(C[C@@H](C)C(=O)OC(C)C)Oc1ccccc1)[C@H]1O[C@@H](n2ccc(N)nc2=S)C(C)(O)[C@H]1O. The van der Waals surface area contributed by atoms with Gasteiger partial charge in [-0.1, -0.05) is 125 Å². The molecule has 0 saturated carbocycles. The van der Waals surface area contributed by atoms with Gasteiger partial charge in [-0.15, -0.1) is 0 Å². The Kier molecular flexibility index (Phi) is 37.9. The molecule has 4 fully saturated rings. The largest absolute Gasteiger partial charge is 0.463 e. The van der Waals surface area contributed by atoms with Gasteiger partial charge in [-0.25, -0.2) is 28.0 Å². The van der Waals surface area contributed by atoms with Gasteiger partial charge >= 0.3 is 60.0 Å². The van der Waals surface area contributed by atoms with Gasteiger partial charge in [0.25, 0.3) is 5.56 Å². The quantitative estimate of drug-likeness (QED) is 0.00734. The first-order chi connectivity index (χ1) is 70.2. The molecule has 0 radical (unpaired) electrons. The number of nitrogens with one attached hydrogen (secondary N) is 3. The minimum Gasteiger partial charge on any atom is -0.463 e. The fraction of sp³-hybridized carbons (Fsp3) is 0.522. The van der Waals surface area contributed by atoms with Gasteiger partial charge in [0.15, 0.2) is 34.5 Å². The van der Waals surface area contributed by atoms with Crippen LogP contribution in [0.1, 0.15) is 147 Å². The summed E-state index contributed by atoms with van der Waals surface area (Å²) in [7, 11) is -17.8. The Hall–Kier alpha value is -8.94. The number of aromatic amines is 3. The number of aliphatic hydroxyl groups is 8. The van der Waals surface area contributed by atoms with Crippen molar-refractivity contribution in [2.75, 3.05) is 56.6 Å².